The van der Waals surface area contributed by atoms with Gasteiger partial charge in [-0.1, -0.05) is 20.8 Å². The van der Waals surface area contributed by atoms with Crippen molar-refractivity contribution in [1.29, 1.82) is 0 Å². The van der Waals surface area contributed by atoms with Crippen LogP contribution < -0.4 is 5.73 Å². The molecule has 1 nitrogen and oxygen atoms in total. The van der Waals surface area contributed by atoms with E-state index >= 15 is 0 Å². The molecule has 0 aromatic heterocycles. The molecule has 1 saturated carbocycles. The zero-order valence-electron chi connectivity index (χ0n) is 7.30. The fourth-order valence-electron chi connectivity index (χ4n) is 1.96. The molecule has 10 heavy (non-hydrogen) atoms. The van der Waals surface area contributed by atoms with Gasteiger partial charge in [0.25, 0.3) is 0 Å². The highest BCUT2D eigenvalue weighted by atomic mass is 14.6. The number of nitrogens with two attached hydrogens (primary N) is 1. The van der Waals surface area contributed by atoms with Gasteiger partial charge in [-0.3, -0.25) is 0 Å². The summed E-state index contributed by atoms with van der Waals surface area (Å²) in [6.45, 7) is 7.81. The van der Waals surface area contributed by atoms with Gasteiger partial charge in [0.05, 0.1) is 0 Å². The minimum absolute atomic E-state index is 0.849. The van der Waals surface area contributed by atoms with Gasteiger partial charge in [0.1, 0.15) is 0 Å². The lowest BCUT2D eigenvalue weighted by Crippen LogP contribution is -2.03. The van der Waals surface area contributed by atoms with Crippen LogP contribution in [-0.2, 0) is 0 Å². The third-order valence-electron chi connectivity index (χ3n) is 2.78. The van der Waals surface area contributed by atoms with Crippen molar-refractivity contribution in [3.8, 4) is 0 Å². The molecule has 0 amide bonds. The second kappa shape index (κ2) is 2.91. The van der Waals surface area contributed by atoms with E-state index in [4.69, 9.17) is 5.73 Å². The van der Waals surface area contributed by atoms with E-state index in [1.165, 1.54) is 6.42 Å². The second-order valence-electron chi connectivity index (χ2n) is 4.05. The van der Waals surface area contributed by atoms with Crippen molar-refractivity contribution in [2.75, 3.05) is 6.54 Å². The van der Waals surface area contributed by atoms with Crippen LogP contribution in [0.25, 0.3) is 0 Å². The van der Waals surface area contributed by atoms with Gasteiger partial charge < -0.3 is 5.73 Å². The van der Waals surface area contributed by atoms with Gasteiger partial charge in [0.2, 0.25) is 0 Å². The van der Waals surface area contributed by atoms with Crippen LogP contribution in [0, 0.1) is 23.7 Å². The Morgan fingerprint density at radius 1 is 1.30 bits per heavy atom. The molecular weight excluding hydrogens is 122 g/mol. The minimum Gasteiger partial charge on any atom is -0.330 e. The first kappa shape index (κ1) is 8.06. The average molecular weight is 141 g/mol. The lowest BCUT2D eigenvalue weighted by Gasteiger charge is -2.01. The molecule has 3 atom stereocenters. The Morgan fingerprint density at radius 2 is 1.90 bits per heavy atom. The van der Waals surface area contributed by atoms with E-state index in [-0.39, 0.29) is 0 Å². The molecule has 1 fully saturated rings. The topological polar surface area (TPSA) is 26.0 Å². The van der Waals surface area contributed by atoms with Gasteiger partial charge in [-0.25, -0.2) is 0 Å². The van der Waals surface area contributed by atoms with Gasteiger partial charge in [0, 0.05) is 0 Å². The lowest BCUT2D eigenvalue weighted by atomic mass is 10.1. The van der Waals surface area contributed by atoms with Crippen LogP contribution >= 0.6 is 0 Å². The Balaban J connectivity index is 2.21. The van der Waals surface area contributed by atoms with E-state index in [2.05, 4.69) is 20.8 Å². The molecule has 0 aromatic carbocycles. The van der Waals surface area contributed by atoms with Crippen molar-refractivity contribution < 1.29 is 0 Å². The van der Waals surface area contributed by atoms with Gasteiger partial charge in [-0.05, 0) is 36.6 Å². The van der Waals surface area contributed by atoms with E-state index in [1.54, 1.807) is 0 Å². The quantitative estimate of drug-likeness (QED) is 0.638. The fourth-order valence-corrected chi connectivity index (χ4v) is 1.96. The Bertz CT molecular complexity index is 109. The highest BCUT2D eigenvalue weighted by Gasteiger charge is 2.44. The molecule has 1 aliphatic rings. The average Bonchev–Trinajstić information content (AvgIpc) is 2.41. The summed E-state index contributed by atoms with van der Waals surface area (Å²) >= 11 is 0. The zero-order chi connectivity index (χ0) is 7.72. The number of rotatable bonds is 3. The maximum absolute atomic E-state index is 5.59. The van der Waals surface area contributed by atoms with Crippen LogP contribution in [0.3, 0.4) is 0 Å². The van der Waals surface area contributed by atoms with Crippen molar-refractivity contribution in [3.63, 3.8) is 0 Å². The first-order chi connectivity index (χ1) is 4.66. The van der Waals surface area contributed by atoms with Crippen LogP contribution in [0.15, 0.2) is 0 Å². The molecule has 0 bridgehead atoms. The summed E-state index contributed by atoms with van der Waals surface area (Å²) in [5.74, 6) is 3.56. The largest absolute Gasteiger partial charge is 0.330 e. The normalized spacial score (nSPS) is 38.7. The van der Waals surface area contributed by atoms with Crippen LogP contribution in [0.1, 0.15) is 27.2 Å². The summed E-state index contributed by atoms with van der Waals surface area (Å²) < 4.78 is 0. The molecule has 0 spiro atoms. The maximum atomic E-state index is 5.59. The Hall–Kier alpha value is -0.0400. The van der Waals surface area contributed by atoms with Crippen LogP contribution in [0.4, 0.5) is 0 Å². The van der Waals surface area contributed by atoms with E-state index in [0.717, 1.165) is 30.2 Å². The Labute approximate surface area is 64.0 Å². The summed E-state index contributed by atoms with van der Waals surface area (Å²) in [5.41, 5.74) is 5.59. The smallest absolute Gasteiger partial charge is 0.00435 e. The number of hydrogen-bond acceptors (Lipinski definition) is 1. The molecule has 1 aliphatic carbocycles. The molecule has 0 heterocycles. The van der Waals surface area contributed by atoms with Crippen molar-refractivity contribution in [1.82, 2.24) is 0 Å². The van der Waals surface area contributed by atoms with E-state index < -0.39 is 0 Å². The molecule has 60 valence electrons. The molecule has 3 unspecified atom stereocenters. The summed E-state index contributed by atoms with van der Waals surface area (Å²) in [6.07, 6.45) is 1.38. The molecule has 0 aliphatic heterocycles. The van der Waals surface area contributed by atoms with Crippen molar-refractivity contribution in [3.05, 3.63) is 0 Å². The maximum Gasteiger partial charge on any atom is -0.00435 e. The summed E-state index contributed by atoms with van der Waals surface area (Å²) in [7, 11) is 0. The molecule has 2 N–H and O–H groups in total. The standard InChI is InChI=1S/C9H19N/c1-6(2)4-8-7(3)9(8)5-10/h6-9H,4-5,10H2,1-3H3. The zero-order valence-corrected chi connectivity index (χ0v) is 7.30. The lowest BCUT2D eigenvalue weighted by molar-refractivity contribution is 0.506. The van der Waals surface area contributed by atoms with Gasteiger partial charge in [-0.15, -0.1) is 0 Å². The summed E-state index contributed by atoms with van der Waals surface area (Å²) in [6, 6.07) is 0. The SMILES string of the molecule is CC(C)CC1C(C)C1CN. The first-order valence-electron chi connectivity index (χ1n) is 4.37. The van der Waals surface area contributed by atoms with Crippen molar-refractivity contribution >= 4 is 0 Å². The van der Waals surface area contributed by atoms with Crippen LogP contribution in [0.2, 0.25) is 0 Å². The third-order valence-corrected chi connectivity index (χ3v) is 2.78. The highest BCUT2D eigenvalue weighted by molar-refractivity contribution is 4.94. The second-order valence-corrected chi connectivity index (χ2v) is 4.05. The van der Waals surface area contributed by atoms with E-state index in [1.807, 2.05) is 0 Å². The predicted molar refractivity (Wildman–Crippen MR) is 44.7 cm³/mol. The van der Waals surface area contributed by atoms with Crippen molar-refractivity contribution in [2.45, 2.75) is 27.2 Å². The molecule has 0 radical (unpaired) electrons. The van der Waals surface area contributed by atoms with Crippen LogP contribution in [-0.4, -0.2) is 6.54 Å². The van der Waals surface area contributed by atoms with Gasteiger partial charge in [0.15, 0.2) is 0 Å². The first-order valence-corrected chi connectivity index (χ1v) is 4.37. The molecule has 0 saturated heterocycles. The van der Waals surface area contributed by atoms with Crippen molar-refractivity contribution in [2.24, 2.45) is 29.4 Å². The van der Waals surface area contributed by atoms with Gasteiger partial charge >= 0.3 is 0 Å². The molecule has 1 rings (SSSR count). The summed E-state index contributed by atoms with van der Waals surface area (Å²) in [4.78, 5) is 0. The van der Waals surface area contributed by atoms with Gasteiger partial charge in [-0.2, -0.15) is 0 Å². The number of hydrogen-bond donors (Lipinski definition) is 1. The Morgan fingerprint density at radius 3 is 2.20 bits per heavy atom. The Kier molecular flexibility index (Phi) is 2.35. The summed E-state index contributed by atoms with van der Waals surface area (Å²) in [5, 5.41) is 0. The monoisotopic (exact) mass is 141 g/mol. The fraction of sp³-hybridized carbons (Fsp3) is 1.00. The molecule has 1 heteroatoms. The van der Waals surface area contributed by atoms with E-state index in [9.17, 15) is 0 Å². The minimum atomic E-state index is 0.849. The third kappa shape index (κ3) is 1.51. The highest BCUT2D eigenvalue weighted by Crippen LogP contribution is 2.48. The predicted octanol–water partition coefficient (Wildman–Crippen LogP) is 1.87. The molecule has 0 aromatic rings. The molecular formula is C9H19N. The van der Waals surface area contributed by atoms with E-state index in [0.29, 0.717) is 0 Å². The van der Waals surface area contributed by atoms with Crippen LogP contribution in [0.5, 0.6) is 0 Å².